The number of ketones is 1. The van der Waals surface area contributed by atoms with Gasteiger partial charge in [0.25, 0.3) is 0 Å². The Balaban J connectivity index is 2.51. The number of hydrogen-bond acceptors (Lipinski definition) is 3. The Morgan fingerprint density at radius 3 is 2.83 bits per heavy atom. The number of methoxy groups -OCH3 is 1. The molecule has 4 heteroatoms. The predicted molar refractivity (Wildman–Crippen MR) is 65.4 cm³/mol. The lowest BCUT2D eigenvalue weighted by Crippen LogP contribution is -2.08. The highest BCUT2D eigenvalue weighted by atomic mass is 19.1. The molecule has 0 atom stereocenters. The van der Waals surface area contributed by atoms with Crippen molar-refractivity contribution in [2.75, 3.05) is 7.11 Å². The molecule has 2 aromatic rings. The van der Waals surface area contributed by atoms with Crippen LogP contribution in [0.2, 0.25) is 0 Å². The minimum absolute atomic E-state index is 0.00648. The maximum absolute atomic E-state index is 13.7. The van der Waals surface area contributed by atoms with Gasteiger partial charge in [0, 0.05) is 6.20 Å². The molecular weight excluding hydrogens is 233 g/mol. The zero-order chi connectivity index (χ0) is 13.1. The summed E-state index contributed by atoms with van der Waals surface area (Å²) in [6, 6.07) is 7.67. The van der Waals surface area contributed by atoms with Crippen LogP contribution in [-0.2, 0) is 0 Å². The highest BCUT2D eigenvalue weighted by Crippen LogP contribution is 2.20. The summed E-state index contributed by atoms with van der Waals surface area (Å²) in [7, 11) is 1.44. The number of carbonyl (C=O) groups excluding carboxylic acids is 1. The first-order valence-corrected chi connectivity index (χ1v) is 5.43. The predicted octanol–water partition coefficient (Wildman–Crippen LogP) is 2.77. The summed E-state index contributed by atoms with van der Waals surface area (Å²) in [5.74, 6) is -0.699. The van der Waals surface area contributed by atoms with Crippen LogP contribution in [0, 0.1) is 12.7 Å². The number of aromatic nitrogens is 1. The van der Waals surface area contributed by atoms with E-state index in [-0.39, 0.29) is 11.3 Å². The van der Waals surface area contributed by atoms with Gasteiger partial charge in [-0.05, 0) is 31.2 Å². The van der Waals surface area contributed by atoms with Crippen LogP contribution in [0.4, 0.5) is 4.39 Å². The highest BCUT2D eigenvalue weighted by Gasteiger charge is 2.19. The standard InChI is InChI=1S/C14H12FNO2/c1-9-5-6-11(15)10(8-9)14(17)13-12(18-2)4-3-7-16-13/h3-8H,1-2H3. The van der Waals surface area contributed by atoms with Crippen LogP contribution in [-0.4, -0.2) is 17.9 Å². The van der Waals surface area contributed by atoms with E-state index in [0.29, 0.717) is 5.75 Å². The van der Waals surface area contributed by atoms with E-state index in [1.165, 1.54) is 25.4 Å². The van der Waals surface area contributed by atoms with Crippen molar-refractivity contribution < 1.29 is 13.9 Å². The first-order valence-electron chi connectivity index (χ1n) is 5.43. The number of aryl methyl sites for hydroxylation is 1. The van der Waals surface area contributed by atoms with Gasteiger partial charge >= 0.3 is 0 Å². The second kappa shape index (κ2) is 4.96. The number of carbonyl (C=O) groups is 1. The molecule has 18 heavy (non-hydrogen) atoms. The summed E-state index contributed by atoms with van der Waals surface area (Å²) < 4.78 is 18.7. The van der Waals surface area contributed by atoms with Crippen molar-refractivity contribution >= 4 is 5.78 Å². The first-order chi connectivity index (χ1) is 8.63. The summed E-state index contributed by atoms with van der Waals surface area (Å²) in [6.07, 6.45) is 1.48. The molecule has 1 aromatic carbocycles. The molecule has 0 radical (unpaired) electrons. The van der Waals surface area contributed by atoms with Gasteiger partial charge in [-0.2, -0.15) is 0 Å². The highest BCUT2D eigenvalue weighted by molar-refractivity contribution is 6.09. The summed E-state index contributed by atoms with van der Waals surface area (Å²) >= 11 is 0. The summed E-state index contributed by atoms with van der Waals surface area (Å²) in [5, 5.41) is 0. The van der Waals surface area contributed by atoms with Gasteiger partial charge in [-0.3, -0.25) is 4.79 Å². The van der Waals surface area contributed by atoms with Crippen LogP contribution in [0.15, 0.2) is 36.5 Å². The summed E-state index contributed by atoms with van der Waals surface area (Å²) in [4.78, 5) is 16.2. The van der Waals surface area contributed by atoms with Gasteiger partial charge in [-0.1, -0.05) is 11.6 Å². The molecule has 0 saturated carbocycles. The average molecular weight is 245 g/mol. The van der Waals surface area contributed by atoms with Crippen LogP contribution in [0.1, 0.15) is 21.6 Å². The lowest BCUT2D eigenvalue weighted by atomic mass is 10.0. The van der Waals surface area contributed by atoms with Crippen LogP contribution >= 0.6 is 0 Å². The van der Waals surface area contributed by atoms with Crippen molar-refractivity contribution in [1.82, 2.24) is 4.98 Å². The molecule has 2 rings (SSSR count). The maximum atomic E-state index is 13.7. The van der Waals surface area contributed by atoms with E-state index < -0.39 is 11.6 Å². The number of halogens is 1. The molecule has 1 heterocycles. The Bertz CT molecular complexity index is 596. The minimum Gasteiger partial charge on any atom is -0.494 e. The third kappa shape index (κ3) is 2.22. The second-order valence-electron chi connectivity index (χ2n) is 3.87. The Labute approximate surface area is 104 Å². The molecule has 0 aliphatic carbocycles. The molecule has 0 aliphatic heterocycles. The number of rotatable bonds is 3. The molecule has 0 fully saturated rings. The Morgan fingerprint density at radius 2 is 2.11 bits per heavy atom. The molecule has 0 N–H and O–H groups in total. The van der Waals surface area contributed by atoms with Gasteiger partial charge < -0.3 is 4.74 Å². The largest absolute Gasteiger partial charge is 0.494 e. The van der Waals surface area contributed by atoms with E-state index in [9.17, 15) is 9.18 Å². The molecule has 0 bridgehead atoms. The molecule has 0 aliphatic rings. The number of ether oxygens (including phenoxy) is 1. The smallest absolute Gasteiger partial charge is 0.218 e. The zero-order valence-corrected chi connectivity index (χ0v) is 10.1. The summed E-state index contributed by atoms with van der Waals surface area (Å²) in [6.45, 7) is 1.80. The Hall–Kier alpha value is -2.23. The molecule has 0 amide bonds. The SMILES string of the molecule is COc1cccnc1C(=O)c1cc(C)ccc1F. The van der Waals surface area contributed by atoms with Gasteiger partial charge in [-0.25, -0.2) is 9.37 Å². The normalized spacial score (nSPS) is 10.2. The zero-order valence-electron chi connectivity index (χ0n) is 10.1. The van der Waals surface area contributed by atoms with Crippen molar-refractivity contribution in [1.29, 1.82) is 0 Å². The molecule has 3 nitrogen and oxygen atoms in total. The van der Waals surface area contributed by atoms with Crippen molar-refractivity contribution in [3.8, 4) is 5.75 Å². The molecule has 0 unspecified atom stereocenters. The third-order valence-electron chi connectivity index (χ3n) is 2.57. The van der Waals surface area contributed by atoms with Gasteiger partial charge in [0.2, 0.25) is 5.78 Å². The van der Waals surface area contributed by atoms with E-state index in [0.717, 1.165) is 5.56 Å². The van der Waals surface area contributed by atoms with E-state index in [2.05, 4.69) is 4.98 Å². The van der Waals surface area contributed by atoms with Crippen LogP contribution in [0.3, 0.4) is 0 Å². The van der Waals surface area contributed by atoms with Crippen molar-refractivity contribution in [2.45, 2.75) is 6.92 Å². The Kier molecular flexibility index (Phi) is 3.37. The monoisotopic (exact) mass is 245 g/mol. The lowest BCUT2D eigenvalue weighted by molar-refractivity contribution is 0.102. The van der Waals surface area contributed by atoms with Crippen LogP contribution < -0.4 is 4.74 Å². The number of hydrogen-bond donors (Lipinski definition) is 0. The number of benzene rings is 1. The fourth-order valence-corrected chi connectivity index (χ4v) is 1.67. The second-order valence-corrected chi connectivity index (χ2v) is 3.87. The van der Waals surface area contributed by atoms with E-state index in [4.69, 9.17) is 4.74 Å². The van der Waals surface area contributed by atoms with Gasteiger partial charge in [0.15, 0.2) is 5.69 Å². The van der Waals surface area contributed by atoms with E-state index in [1.807, 2.05) is 0 Å². The third-order valence-corrected chi connectivity index (χ3v) is 2.57. The molecular formula is C14H12FNO2. The number of nitrogens with zero attached hydrogens (tertiary/aromatic N) is 1. The lowest BCUT2D eigenvalue weighted by Gasteiger charge is -2.07. The topological polar surface area (TPSA) is 39.2 Å². The quantitative estimate of drug-likeness (QED) is 0.780. The van der Waals surface area contributed by atoms with Gasteiger partial charge in [0.1, 0.15) is 11.6 Å². The average Bonchev–Trinajstić information content (AvgIpc) is 2.40. The van der Waals surface area contributed by atoms with Crippen molar-refractivity contribution in [3.05, 3.63) is 59.2 Å². The summed E-state index contributed by atoms with van der Waals surface area (Å²) in [5.41, 5.74) is 0.936. The molecule has 0 saturated heterocycles. The van der Waals surface area contributed by atoms with Crippen LogP contribution in [0.5, 0.6) is 5.75 Å². The number of pyridine rings is 1. The van der Waals surface area contributed by atoms with Crippen molar-refractivity contribution in [2.24, 2.45) is 0 Å². The van der Waals surface area contributed by atoms with Crippen molar-refractivity contribution in [3.63, 3.8) is 0 Å². The molecule has 0 spiro atoms. The fraction of sp³-hybridized carbons (Fsp3) is 0.143. The first kappa shape index (κ1) is 12.2. The maximum Gasteiger partial charge on any atom is 0.218 e. The van der Waals surface area contributed by atoms with Crippen LogP contribution in [0.25, 0.3) is 0 Å². The van der Waals surface area contributed by atoms with E-state index >= 15 is 0 Å². The molecule has 1 aromatic heterocycles. The van der Waals surface area contributed by atoms with Gasteiger partial charge in [0.05, 0.1) is 12.7 Å². The molecule has 92 valence electrons. The fourth-order valence-electron chi connectivity index (χ4n) is 1.67. The Morgan fingerprint density at radius 1 is 1.33 bits per heavy atom. The van der Waals surface area contributed by atoms with Gasteiger partial charge in [-0.15, -0.1) is 0 Å². The van der Waals surface area contributed by atoms with E-state index in [1.54, 1.807) is 25.1 Å². The minimum atomic E-state index is -0.557.